The number of hydrogen-bond acceptors (Lipinski definition) is 3. The average Bonchev–Trinajstić information content (AvgIpc) is 2.10. The van der Waals surface area contributed by atoms with E-state index in [4.69, 9.17) is 10.5 Å². The third kappa shape index (κ3) is 6.14. The second-order valence-corrected chi connectivity index (χ2v) is 5.67. The van der Waals surface area contributed by atoms with Crippen LogP contribution >= 0.6 is 0 Å². The second kappa shape index (κ2) is 6.31. The van der Waals surface area contributed by atoms with Crippen molar-refractivity contribution < 1.29 is 18.3 Å². The number of rotatable bonds is 5. The maximum atomic E-state index is 13.8. The van der Waals surface area contributed by atoms with Gasteiger partial charge in [-0.2, -0.15) is 0 Å². The third-order valence-corrected chi connectivity index (χ3v) is 2.27. The number of alkyl halides is 2. The van der Waals surface area contributed by atoms with Crippen LogP contribution in [0.2, 0.25) is 0 Å². The normalized spacial score (nSPS) is 14.5. The fraction of sp³-hybridized carbons (Fsp3) is 0.917. The van der Waals surface area contributed by atoms with Crippen LogP contribution in [0.3, 0.4) is 0 Å². The number of alkyl carbamates (subject to hydrolysis) is 1. The Bertz CT molecular complexity index is 276. The summed E-state index contributed by atoms with van der Waals surface area (Å²) in [6.07, 6.45) is -1.30. The lowest BCUT2D eigenvalue weighted by atomic mass is 9.95. The van der Waals surface area contributed by atoms with Gasteiger partial charge < -0.3 is 15.8 Å². The molecule has 6 heteroatoms. The number of carbonyl (C=O) groups excluding carboxylic acids is 1. The van der Waals surface area contributed by atoms with E-state index < -0.39 is 36.0 Å². The summed E-state index contributed by atoms with van der Waals surface area (Å²) in [7, 11) is 0. The van der Waals surface area contributed by atoms with Crippen molar-refractivity contribution in [1.29, 1.82) is 0 Å². The first-order valence-corrected chi connectivity index (χ1v) is 6.07. The minimum atomic E-state index is -3.04. The number of amides is 1. The van der Waals surface area contributed by atoms with Crippen LogP contribution in [0.1, 0.15) is 41.0 Å². The van der Waals surface area contributed by atoms with Crippen LogP contribution in [0.25, 0.3) is 0 Å². The van der Waals surface area contributed by atoms with E-state index >= 15 is 0 Å². The van der Waals surface area contributed by atoms with Crippen molar-refractivity contribution in [2.24, 2.45) is 11.7 Å². The van der Waals surface area contributed by atoms with Crippen LogP contribution in [-0.4, -0.2) is 30.2 Å². The quantitative estimate of drug-likeness (QED) is 0.803. The van der Waals surface area contributed by atoms with E-state index in [0.717, 1.165) is 0 Å². The molecule has 1 amide bonds. The summed E-state index contributed by atoms with van der Waals surface area (Å²) in [6.45, 7) is 8.13. The van der Waals surface area contributed by atoms with Gasteiger partial charge in [0.05, 0.1) is 6.04 Å². The highest BCUT2D eigenvalue weighted by molar-refractivity contribution is 5.68. The van der Waals surface area contributed by atoms with E-state index in [1.165, 1.54) is 0 Å². The molecule has 1 atom stereocenters. The van der Waals surface area contributed by atoms with Gasteiger partial charge in [0.15, 0.2) is 0 Å². The molecule has 0 aliphatic rings. The molecule has 1 unspecified atom stereocenters. The fourth-order valence-corrected chi connectivity index (χ4v) is 1.54. The standard InChI is InChI=1S/C12H24F2N2O2/c1-8(2)9(12(13,14)6-7-15)16-10(17)18-11(3,4)5/h8-9H,6-7,15H2,1-5H3,(H,16,17). The molecule has 18 heavy (non-hydrogen) atoms. The number of hydrogen-bond donors (Lipinski definition) is 2. The summed E-state index contributed by atoms with van der Waals surface area (Å²) in [5.41, 5.74) is 4.45. The van der Waals surface area contributed by atoms with Crippen LogP contribution in [0.15, 0.2) is 0 Å². The fourth-order valence-electron chi connectivity index (χ4n) is 1.54. The zero-order chi connectivity index (χ0) is 14.6. The van der Waals surface area contributed by atoms with E-state index in [1.54, 1.807) is 34.6 Å². The minimum Gasteiger partial charge on any atom is -0.444 e. The van der Waals surface area contributed by atoms with Crippen LogP contribution in [0.4, 0.5) is 13.6 Å². The van der Waals surface area contributed by atoms with Crippen molar-refractivity contribution in [3.63, 3.8) is 0 Å². The number of carbonyl (C=O) groups is 1. The smallest absolute Gasteiger partial charge is 0.408 e. The Kier molecular flexibility index (Phi) is 5.99. The van der Waals surface area contributed by atoms with Gasteiger partial charge in [-0.25, -0.2) is 13.6 Å². The lowest BCUT2D eigenvalue weighted by Crippen LogP contribution is -2.52. The Balaban J connectivity index is 4.69. The first kappa shape index (κ1) is 17.1. The zero-order valence-corrected chi connectivity index (χ0v) is 11.7. The molecule has 0 saturated carbocycles. The molecule has 0 radical (unpaired) electrons. The zero-order valence-electron chi connectivity index (χ0n) is 11.7. The van der Waals surface area contributed by atoms with Gasteiger partial charge in [0.2, 0.25) is 0 Å². The molecule has 0 aromatic rings. The lowest BCUT2D eigenvalue weighted by molar-refractivity contribution is -0.0587. The highest BCUT2D eigenvalue weighted by Gasteiger charge is 2.42. The van der Waals surface area contributed by atoms with E-state index in [9.17, 15) is 13.6 Å². The van der Waals surface area contributed by atoms with E-state index in [2.05, 4.69) is 5.32 Å². The summed E-state index contributed by atoms with van der Waals surface area (Å²) >= 11 is 0. The largest absolute Gasteiger partial charge is 0.444 e. The van der Waals surface area contributed by atoms with Crippen LogP contribution < -0.4 is 11.1 Å². The molecule has 0 aliphatic heterocycles. The van der Waals surface area contributed by atoms with Gasteiger partial charge in [0.1, 0.15) is 5.60 Å². The molecule has 4 nitrogen and oxygen atoms in total. The van der Waals surface area contributed by atoms with Gasteiger partial charge in [0, 0.05) is 6.42 Å². The molecule has 0 spiro atoms. The summed E-state index contributed by atoms with van der Waals surface area (Å²) in [6, 6.07) is -1.28. The molecule has 108 valence electrons. The summed E-state index contributed by atoms with van der Waals surface area (Å²) < 4.78 is 32.5. The van der Waals surface area contributed by atoms with Crippen molar-refractivity contribution >= 4 is 6.09 Å². The topological polar surface area (TPSA) is 64.3 Å². The molecule has 0 rings (SSSR count). The molecule has 0 aromatic heterocycles. The molecule has 0 heterocycles. The molecular formula is C12H24F2N2O2. The van der Waals surface area contributed by atoms with Crippen LogP contribution in [0.5, 0.6) is 0 Å². The van der Waals surface area contributed by atoms with Crippen molar-refractivity contribution in [1.82, 2.24) is 5.32 Å². The maximum absolute atomic E-state index is 13.8. The van der Waals surface area contributed by atoms with E-state index in [0.29, 0.717) is 0 Å². The first-order valence-electron chi connectivity index (χ1n) is 6.07. The molecule has 0 saturated heterocycles. The molecule has 3 N–H and O–H groups in total. The van der Waals surface area contributed by atoms with Crippen molar-refractivity contribution in [3.05, 3.63) is 0 Å². The third-order valence-electron chi connectivity index (χ3n) is 2.27. The van der Waals surface area contributed by atoms with Crippen LogP contribution in [0, 0.1) is 5.92 Å². The minimum absolute atomic E-state index is 0.133. The molecule has 0 aromatic carbocycles. The highest BCUT2D eigenvalue weighted by atomic mass is 19.3. The molecule has 0 aliphatic carbocycles. The van der Waals surface area contributed by atoms with Crippen molar-refractivity contribution in [3.8, 4) is 0 Å². The Labute approximate surface area is 107 Å². The van der Waals surface area contributed by atoms with Crippen molar-refractivity contribution in [2.75, 3.05) is 6.54 Å². The van der Waals surface area contributed by atoms with E-state index in [1.807, 2.05) is 0 Å². The number of nitrogens with one attached hydrogen (secondary N) is 1. The lowest BCUT2D eigenvalue weighted by Gasteiger charge is -2.31. The van der Waals surface area contributed by atoms with Gasteiger partial charge >= 0.3 is 6.09 Å². The SMILES string of the molecule is CC(C)C(NC(=O)OC(C)(C)C)C(F)(F)CCN. The van der Waals surface area contributed by atoms with Gasteiger partial charge in [0.25, 0.3) is 5.92 Å². The number of nitrogens with two attached hydrogens (primary N) is 1. The molecule has 0 fully saturated rings. The van der Waals surface area contributed by atoms with Gasteiger partial charge in [-0.3, -0.25) is 0 Å². The Morgan fingerprint density at radius 1 is 1.33 bits per heavy atom. The van der Waals surface area contributed by atoms with Gasteiger partial charge in [-0.1, -0.05) is 13.8 Å². The predicted octanol–water partition coefficient (Wildman–Crippen LogP) is 2.52. The number of ether oxygens (including phenoxy) is 1. The number of halogens is 2. The van der Waals surface area contributed by atoms with Crippen molar-refractivity contribution in [2.45, 2.75) is 58.6 Å². The Hall–Kier alpha value is -0.910. The summed E-state index contributed by atoms with van der Waals surface area (Å²) in [5, 5.41) is 2.23. The van der Waals surface area contributed by atoms with Crippen LogP contribution in [-0.2, 0) is 4.74 Å². The molecule has 0 bridgehead atoms. The van der Waals surface area contributed by atoms with Gasteiger partial charge in [-0.15, -0.1) is 0 Å². The first-order chi connectivity index (χ1) is 7.99. The highest BCUT2D eigenvalue weighted by Crippen LogP contribution is 2.27. The average molecular weight is 266 g/mol. The maximum Gasteiger partial charge on any atom is 0.408 e. The van der Waals surface area contributed by atoms with E-state index in [-0.39, 0.29) is 6.54 Å². The Morgan fingerprint density at radius 3 is 2.17 bits per heavy atom. The Morgan fingerprint density at radius 2 is 1.83 bits per heavy atom. The second-order valence-electron chi connectivity index (χ2n) is 5.67. The van der Waals surface area contributed by atoms with Gasteiger partial charge in [-0.05, 0) is 33.2 Å². The predicted molar refractivity (Wildman–Crippen MR) is 66.6 cm³/mol. The molecular weight excluding hydrogens is 242 g/mol. The summed E-state index contributed by atoms with van der Waals surface area (Å²) in [4.78, 5) is 11.5. The monoisotopic (exact) mass is 266 g/mol. The summed E-state index contributed by atoms with van der Waals surface area (Å²) in [5.74, 6) is -3.46.